The van der Waals surface area contributed by atoms with Gasteiger partial charge in [0.1, 0.15) is 15.1 Å². The minimum atomic E-state index is -2.58. The number of aromatic nitrogens is 1. The lowest BCUT2D eigenvalue weighted by Crippen LogP contribution is -2.02. The van der Waals surface area contributed by atoms with Gasteiger partial charge < -0.3 is 4.74 Å². The molecule has 0 N–H and O–H groups in total. The van der Waals surface area contributed by atoms with E-state index in [1.807, 2.05) is 22.6 Å². The first-order valence-corrected chi connectivity index (χ1v) is 5.87. The van der Waals surface area contributed by atoms with Gasteiger partial charge in [-0.2, -0.15) is 0 Å². The summed E-state index contributed by atoms with van der Waals surface area (Å²) in [7, 11) is 1.45. The second-order valence-corrected chi connectivity index (χ2v) is 4.11. The molecule has 1 aromatic rings. The van der Waals surface area contributed by atoms with Crippen molar-refractivity contribution in [1.29, 1.82) is 0 Å². The van der Waals surface area contributed by atoms with Gasteiger partial charge in [-0.1, -0.05) is 15.9 Å². The molecule has 0 radical (unpaired) electrons. The summed E-state index contributed by atoms with van der Waals surface area (Å²) in [6.07, 6.45) is -2.58. The molecule has 0 aliphatic rings. The fourth-order valence-corrected chi connectivity index (χ4v) is 2.14. The van der Waals surface area contributed by atoms with Crippen molar-refractivity contribution in [3.05, 3.63) is 21.0 Å². The molecular formula is C8H7BrF2INO. The number of pyridine rings is 1. The average Bonchev–Trinajstić information content (AvgIpc) is 2.16. The first kappa shape index (κ1) is 12.1. The van der Waals surface area contributed by atoms with Crippen molar-refractivity contribution in [2.24, 2.45) is 0 Å². The van der Waals surface area contributed by atoms with Crippen molar-refractivity contribution in [1.82, 2.24) is 4.98 Å². The Morgan fingerprint density at radius 3 is 2.71 bits per heavy atom. The Morgan fingerprint density at radius 2 is 2.29 bits per heavy atom. The van der Waals surface area contributed by atoms with Crippen LogP contribution in [0.15, 0.2) is 6.07 Å². The van der Waals surface area contributed by atoms with E-state index in [2.05, 4.69) is 20.9 Å². The third-order valence-electron chi connectivity index (χ3n) is 1.64. The first-order chi connectivity index (χ1) is 6.60. The zero-order valence-electron chi connectivity index (χ0n) is 7.23. The minimum absolute atomic E-state index is 0.217. The summed E-state index contributed by atoms with van der Waals surface area (Å²) in [4.78, 5) is 3.78. The Labute approximate surface area is 102 Å². The van der Waals surface area contributed by atoms with Crippen LogP contribution >= 0.6 is 38.5 Å². The van der Waals surface area contributed by atoms with Gasteiger partial charge in [0, 0.05) is 17.0 Å². The van der Waals surface area contributed by atoms with Crippen molar-refractivity contribution in [3.63, 3.8) is 0 Å². The number of halogens is 4. The fraction of sp³-hybridized carbons (Fsp3) is 0.375. The summed E-state index contributed by atoms with van der Waals surface area (Å²) in [5.41, 5.74) is 0.188. The second-order valence-electron chi connectivity index (χ2n) is 2.45. The number of nitrogens with zero attached hydrogens (tertiary/aromatic N) is 1. The van der Waals surface area contributed by atoms with E-state index in [4.69, 9.17) is 4.74 Å². The van der Waals surface area contributed by atoms with Crippen LogP contribution in [0.5, 0.6) is 5.75 Å². The highest BCUT2D eigenvalue weighted by Gasteiger charge is 2.19. The molecule has 2 nitrogen and oxygen atoms in total. The van der Waals surface area contributed by atoms with Gasteiger partial charge in [-0.25, -0.2) is 13.8 Å². The maximum Gasteiger partial charge on any atom is 0.280 e. The lowest BCUT2D eigenvalue weighted by Gasteiger charge is -2.11. The highest BCUT2D eigenvalue weighted by atomic mass is 127. The SMILES string of the molecule is COc1cc(I)nc(C(F)F)c1CBr. The summed E-state index contributed by atoms with van der Waals surface area (Å²) in [6.45, 7) is 0. The van der Waals surface area contributed by atoms with Crippen LogP contribution in [0.3, 0.4) is 0 Å². The topological polar surface area (TPSA) is 22.1 Å². The predicted octanol–water partition coefficient (Wildman–Crippen LogP) is 3.53. The molecule has 1 heterocycles. The molecule has 0 aliphatic carbocycles. The molecule has 0 amide bonds. The van der Waals surface area contributed by atoms with E-state index in [9.17, 15) is 8.78 Å². The molecule has 6 heteroatoms. The van der Waals surface area contributed by atoms with Gasteiger partial charge in [-0.05, 0) is 22.6 Å². The summed E-state index contributed by atoms with van der Waals surface area (Å²) in [5, 5.41) is 0.305. The molecule has 14 heavy (non-hydrogen) atoms. The quantitative estimate of drug-likeness (QED) is 0.456. The predicted molar refractivity (Wildman–Crippen MR) is 61.1 cm³/mol. The van der Waals surface area contributed by atoms with Crippen LogP contribution in [0, 0.1) is 3.70 Å². The fourth-order valence-electron chi connectivity index (χ4n) is 1.03. The van der Waals surface area contributed by atoms with Crippen LogP contribution in [0.1, 0.15) is 17.7 Å². The summed E-state index contributed by atoms with van der Waals surface area (Å²) in [6, 6.07) is 1.63. The minimum Gasteiger partial charge on any atom is -0.496 e. The van der Waals surface area contributed by atoms with Crippen LogP contribution in [0.2, 0.25) is 0 Å². The summed E-state index contributed by atoms with van der Waals surface area (Å²) < 4.78 is 30.6. The van der Waals surface area contributed by atoms with Gasteiger partial charge in [-0.3, -0.25) is 0 Å². The Morgan fingerprint density at radius 1 is 1.64 bits per heavy atom. The van der Waals surface area contributed by atoms with E-state index in [0.29, 0.717) is 20.3 Å². The molecule has 0 aromatic carbocycles. The standard InChI is InChI=1S/C8H7BrF2INO/c1-14-5-2-6(12)13-7(8(10)11)4(5)3-9/h2,8H,3H2,1H3. The van der Waals surface area contributed by atoms with Gasteiger partial charge in [0.05, 0.1) is 7.11 Å². The van der Waals surface area contributed by atoms with Crippen LogP contribution in [0.4, 0.5) is 8.78 Å². The van der Waals surface area contributed by atoms with Crippen molar-refractivity contribution in [3.8, 4) is 5.75 Å². The van der Waals surface area contributed by atoms with Crippen molar-refractivity contribution in [2.45, 2.75) is 11.8 Å². The smallest absolute Gasteiger partial charge is 0.280 e. The molecule has 0 atom stereocenters. The zero-order valence-corrected chi connectivity index (χ0v) is 11.0. The van der Waals surface area contributed by atoms with Crippen LogP contribution in [-0.4, -0.2) is 12.1 Å². The van der Waals surface area contributed by atoms with Crippen LogP contribution < -0.4 is 4.74 Å². The van der Waals surface area contributed by atoms with E-state index in [1.165, 1.54) is 7.11 Å². The number of methoxy groups -OCH3 is 1. The maximum atomic E-state index is 12.6. The largest absolute Gasteiger partial charge is 0.496 e. The van der Waals surface area contributed by atoms with Crippen molar-refractivity contribution >= 4 is 38.5 Å². The van der Waals surface area contributed by atoms with Gasteiger partial charge in [0.15, 0.2) is 0 Å². The zero-order chi connectivity index (χ0) is 10.7. The number of rotatable bonds is 3. The highest BCUT2D eigenvalue weighted by molar-refractivity contribution is 14.1. The van der Waals surface area contributed by atoms with Crippen molar-refractivity contribution in [2.75, 3.05) is 7.11 Å². The number of hydrogen-bond acceptors (Lipinski definition) is 2. The molecule has 0 saturated carbocycles. The molecule has 1 rings (SSSR count). The Hall–Kier alpha value is 0.0200. The maximum absolute atomic E-state index is 12.6. The molecule has 78 valence electrons. The van der Waals surface area contributed by atoms with Crippen LogP contribution in [0.25, 0.3) is 0 Å². The van der Waals surface area contributed by atoms with Crippen LogP contribution in [-0.2, 0) is 5.33 Å². The Balaban J connectivity index is 3.31. The number of ether oxygens (including phenoxy) is 1. The van der Waals surface area contributed by atoms with E-state index < -0.39 is 6.43 Å². The van der Waals surface area contributed by atoms with E-state index in [1.54, 1.807) is 6.07 Å². The number of hydrogen-bond donors (Lipinski definition) is 0. The highest BCUT2D eigenvalue weighted by Crippen LogP contribution is 2.31. The molecule has 0 unspecified atom stereocenters. The van der Waals surface area contributed by atoms with E-state index >= 15 is 0 Å². The Bertz CT molecular complexity index is 335. The first-order valence-electron chi connectivity index (χ1n) is 3.67. The molecule has 0 bridgehead atoms. The summed E-state index contributed by atoms with van der Waals surface area (Å²) >= 11 is 5.02. The van der Waals surface area contributed by atoms with Gasteiger partial charge in [-0.15, -0.1) is 0 Å². The second kappa shape index (κ2) is 5.20. The molecule has 0 fully saturated rings. The summed E-state index contributed by atoms with van der Waals surface area (Å²) in [5.74, 6) is 0.441. The average molecular weight is 378 g/mol. The molecule has 0 aliphatic heterocycles. The van der Waals surface area contributed by atoms with Gasteiger partial charge in [0.25, 0.3) is 6.43 Å². The van der Waals surface area contributed by atoms with E-state index in [-0.39, 0.29) is 5.69 Å². The van der Waals surface area contributed by atoms with Crippen molar-refractivity contribution < 1.29 is 13.5 Å². The molecule has 1 aromatic heterocycles. The lowest BCUT2D eigenvalue weighted by molar-refractivity contribution is 0.144. The normalized spacial score (nSPS) is 10.7. The van der Waals surface area contributed by atoms with Gasteiger partial charge >= 0.3 is 0 Å². The molecular weight excluding hydrogens is 371 g/mol. The van der Waals surface area contributed by atoms with Gasteiger partial charge in [0.2, 0.25) is 0 Å². The third-order valence-corrected chi connectivity index (χ3v) is 2.76. The number of alkyl halides is 3. The lowest BCUT2D eigenvalue weighted by atomic mass is 10.2. The van der Waals surface area contributed by atoms with E-state index in [0.717, 1.165) is 0 Å². The molecule has 0 saturated heterocycles. The monoisotopic (exact) mass is 377 g/mol. The Kier molecular flexibility index (Phi) is 4.49. The third kappa shape index (κ3) is 2.53. The molecule has 0 spiro atoms.